The highest BCUT2D eigenvalue weighted by atomic mass is 35.5. The molecule has 2 fully saturated rings. The summed E-state index contributed by atoms with van der Waals surface area (Å²) in [4.78, 5) is 26.2. The van der Waals surface area contributed by atoms with E-state index in [0.717, 1.165) is 45.3 Å². The fourth-order valence-electron chi connectivity index (χ4n) is 3.27. The van der Waals surface area contributed by atoms with E-state index in [0.29, 0.717) is 25.5 Å². The van der Waals surface area contributed by atoms with Crippen LogP contribution in [0, 0.1) is 5.92 Å². The predicted octanol–water partition coefficient (Wildman–Crippen LogP) is 1.33. The summed E-state index contributed by atoms with van der Waals surface area (Å²) in [7, 11) is 0. The number of likely N-dealkylation sites (tertiary alicyclic amines) is 1. The molecule has 0 aromatic carbocycles. The Morgan fingerprint density at radius 2 is 2.08 bits per heavy atom. The second-order valence-corrected chi connectivity index (χ2v) is 6.91. The Hall–Kier alpha value is -0.850. The number of nitrogens with zero attached hydrogens (tertiary/aromatic N) is 1. The number of ether oxygens (including phenoxy) is 1. The van der Waals surface area contributed by atoms with Crippen molar-refractivity contribution in [3.63, 3.8) is 0 Å². The van der Waals surface area contributed by atoms with Gasteiger partial charge in [0.25, 0.3) is 0 Å². The van der Waals surface area contributed by atoms with Gasteiger partial charge < -0.3 is 20.3 Å². The molecule has 6 nitrogen and oxygen atoms in total. The van der Waals surface area contributed by atoms with Gasteiger partial charge in [-0.2, -0.15) is 0 Å². The molecular weight excluding hydrogens is 330 g/mol. The monoisotopic (exact) mass is 361 g/mol. The Morgan fingerprint density at radius 1 is 1.29 bits per heavy atom. The van der Waals surface area contributed by atoms with E-state index in [2.05, 4.69) is 10.6 Å². The van der Waals surface area contributed by atoms with Crippen molar-refractivity contribution in [1.82, 2.24) is 15.5 Å². The van der Waals surface area contributed by atoms with E-state index >= 15 is 0 Å². The first-order valence-corrected chi connectivity index (χ1v) is 8.96. The van der Waals surface area contributed by atoms with Crippen molar-refractivity contribution in [2.45, 2.75) is 58.1 Å². The highest BCUT2D eigenvalue weighted by Crippen LogP contribution is 2.17. The number of carbonyl (C=O) groups excluding carboxylic acids is 2. The van der Waals surface area contributed by atoms with Crippen LogP contribution in [0.5, 0.6) is 0 Å². The van der Waals surface area contributed by atoms with Crippen LogP contribution in [-0.2, 0) is 14.3 Å². The zero-order valence-corrected chi connectivity index (χ0v) is 15.7. The standard InChI is InChI=1S/C17H31N3O3.ClH/c1-13(2)23-10-7-16(21)20-9-4-5-14(12-20)11-19-17(22)15-6-3-8-18-15;/h13-15,18H,3-12H2,1-2H3,(H,19,22);1H. The quantitative estimate of drug-likeness (QED) is 0.717. The molecular formula is C17H32ClN3O3. The molecule has 0 radical (unpaired) electrons. The van der Waals surface area contributed by atoms with Crippen LogP contribution in [0.15, 0.2) is 0 Å². The van der Waals surface area contributed by atoms with E-state index in [9.17, 15) is 9.59 Å². The number of amides is 2. The summed E-state index contributed by atoms with van der Waals surface area (Å²) in [6.45, 7) is 7.62. The van der Waals surface area contributed by atoms with Crippen LogP contribution in [0.4, 0.5) is 0 Å². The number of hydrogen-bond donors (Lipinski definition) is 2. The van der Waals surface area contributed by atoms with Crippen molar-refractivity contribution < 1.29 is 14.3 Å². The molecule has 2 N–H and O–H groups in total. The maximum Gasteiger partial charge on any atom is 0.237 e. The molecule has 0 aromatic heterocycles. The summed E-state index contributed by atoms with van der Waals surface area (Å²) in [5.74, 6) is 0.638. The highest BCUT2D eigenvalue weighted by molar-refractivity contribution is 5.85. The van der Waals surface area contributed by atoms with Crippen molar-refractivity contribution in [2.24, 2.45) is 5.92 Å². The van der Waals surface area contributed by atoms with Crippen molar-refractivity contribution in [2.75, 3.05) is 32.8 Å². The van der Waals surface area contributed by atoms with Crippen LogP contribution in [0.25, 0.3) is 0 Å². The first-order chi connectivity index (χ1) is 11.1. The lowest BCUT2D eigenvalue weighted by molar-refractivity contribution is -0.134. The van der Waals surface area contributed by atoms with Crippen molar-refractivity contribution >= 4 is 24.2 Å². The smallest absolute Gasteiger partial charge is 0.237 e. The molecule has 2 amide bonds. The van der Waals surface area contributed by atoms with Gasteiger partial charge >= 0.3 is 0 Å². The largest absolute Gasteiger partial charge is 0.378 e. The van der Waals surface area contributed by atoms with Gasteiger partial charge in [-0.25, -0.2) is 0 Å². The maximum absolute atomic E-state index is 12.2. The summed E-state index contributed by atoms with van der Waals surface area (Å²) in [5, 5.41) is 6.26. The number of carbonyl (C=O) groups is 2. The van der Waals surface area contributed by atoms with Crippen LogP contribution in [0.1, 0.15) is 46.0 Å². The van der Waals surface area contributed by atoms with Crippen LogP contribution in [-0.4, -0.2) is 61.6 Å². The van der Waals surface area contributed by atoms with Gasteiger partial charge in [0.05, 0.1) is 25.2 Å². The number of rotatable bonds is 7. The summed E-state index contributed by atoms with van der Waals surface area (Å²) < 4.78 is 5.45. The van der Waals surface area contributed by atoms with Gasteiger partial charge in [-0.05, 0) is 52.0 Å². The van der Waals surface area contributed by atoms with Gasteiger partial charge in [-0.15, -0.1) is 12.4 Å². The first kappa shape index (κ1) is 21.2. The minimum absolute atomic E-state index is 0. The normalized spacial score (nSPS) is 23.9. The highest BCUT2D eigenvalue weighted by Gasteiger charge is 2.26. The fourth-order valence-corrected chi connectivity index (χ4v) is 3.27. The van der Waals surface area contributed by atoms with E-state index in [1.54, 1.807) is 0 Å². The Morgan fingerprint density at radius 3 is 2.75 bits per heavy atom. The lowest BCUT2D eigenvalue weighted by atomic mass is 9.97. The molecule has 2 aliphatic rings. The summed E-state index contributed by atoms with van der Waals surface area (Å²) >= 11 is 0. The Bertz CT molecular complexity index is 401. The number of halogens is 1. The topological polar surface area (TPSA) is 70.7 Å². The molecule has 2 unspecified atom stereocenters. The van der Waals surface area contributed by atoms with Gasteiger partial charge in [-0.1, -0.05) is 0 Å². The molecule has 0 aliphatic carbocycles. The van der Waals surface area contributed by atoms with E-state index in [4.69, 9.17) is 4.74 Å². The van der Waals surface area contributed by atoms with Gasteiger partial charge in [0.1, 0.15) is 0 Å². The van der Waals surface area contributed by atoms with Crippen molar-refractivity contribution in [3.8, 4) is 0 Å². The van der Waals surface area contributed by atoms with Gasteiger partial charge in [0.2, 0.25) is 11.8 Å². The van der Waals surface area contributed by atoms with E-state index < -0.39 is 0 Å². The SMILES string of the molecule is CC(C)OCCC(=O)N1CCCC(CNC(=O)C2CCCN2)C1.Cl. The molecule has 7 heteroatoms. The molecule has 24 heavy (non-hydrogen) atoms. The molecule has 140 valence electrons. The lowest BCUT2D eigenvalue weighted by Crippen LogP contribution is -2.46. The summed E-state index contributed by atoms with van der Waals surface area (Å²) in [5.41, 5.74) is 0. The molecule has 2 saturated heterocycles. The van der Waals surface area contributed by atoms with E-state index in [1.807, 2.05) is 18.7 Å². The zero-order chi connectivity index (χ0) is 16.7. The van der Waals surface area contributed by atoms with Crippen LogP contribution < -0.4 is 10.6 Å². The molecule has 2 heterocycles. The molecule has 2 aliphatic heterocycles. The Balaban J connectivity index is 0.00000288. The number of nitrogens with one attached hydrogen (secondary N) is 2. The average molecular weight is 362 g/mol. The fraction of sp³-hybridized carbons (Fsp3) is 0.882. The lowest BCUT2D eigenvalue weighted by Gasteiger charge is -2.33. The van der Waals surface area contributed by atoms with Crippen LogP contribution in [0.2, 0.25) is 0 Å². The molecule has 0 aromatic rings. The Kier molecular flexibility index (Phi) is 9.63. The van der Waals surface area contributed by atoms with Crippen LogP contribution in [0.3, 0.4) is 0 Å². The predicted molar refractivity (Wildman–Crippen MR) is 96.3 cm³/mol. The van der Waals surface area contributed by atoms with E-state index in [-0.39, 0.29) is 36.4 Å². The minimum Gasteiger partial charge on any atom is -0.378 e. The molecule has 0 saturated carbocycles. The minimum atomic E-state index is -0.0236. The molecule has 0 spiro atoms. The molecule has 2 atom stereocenters. The third kappa shape index (κ3) is 6.95. The van der Waals surface area contributed by atoms with Crippen molar-refractivity contribution in [1.29, 1.82) is 0 Å². The zero-order valence-electron chi connectivity index (χ0n) is 14.9. The number of piperidine rings is 1. The maximum atomic E-state index is 12.2. The molecule has 0 bridgehead atoms. The average Bonchev–Trinajstić information content (AvgIpc) is 3.07. The van der Waals surface area contributed by atoms with E-state index in [1.165, 1.54) is 0 Å². The van der Waals surface area contributed by atoms with Gasteiger partial charge in [-0.3, -0.25) is 9.59 Å². The van der Waals surface area contributed by atoms with Gasteiger partial charge in [0, 0.05) is 19.6 Å². The third-order valence-corrected chi connectivity index (χ3v) is 4.58. The van der Waals surface area contributed by atoms with Crippen LogP contribution >= 0.6 is 12.4 Å². The third-order valence-electron chi connectivity index (χ3n) is 4.58. The first-order valence-electron chi connectivity index (χ1n) is 8.96. The second kappa shape index (κ2) is 10.9. The van der Waals surface area contributed by atoms with Gasteiger partial charge in [0.15, 0.2) is 0 Å². The summed E-state index contributed by atoms with van der Waals surface area (Å²) in [6, 6.07) is -0.0236. The molecule has 2 rings (SSSR count). The van der Waals surface area contributed by atoms with Crippen molar-refractivity contribution in [3.05, 3.63) is 0 Å². The Labute approximate surface area is 151 Å². The number of hydrogen-bond acceptors (Lipinski definition) is 4. The second-order valence-electron chi connectivity index (χ2n) is 6.91. The summed E-state index contributed by atoms with van der Waals surface area (Å²) in [6.07, 6.45) is 4.70.